The second-order valence-corrected chi connectivity index (χ2v) is 6.19. The van der Waals surface area contributed by atoms with E-state index in [4.69, 9.17) is 17.3 Å². The summed E-state index contributed by atoms with van der Waals surface area (Å²) in [6.07, 6.45) is 2.99. The fourth-order valence-electron chi connectivity index (χ4n) is 1.74. The van der Waals surface area contributed by atoms with Crippen molar-refractivity contribution in [3.05, 3.63) is 52.7 Å². The first-order valence-corrected chi connectivity index (χ1v) is 8.02. The molecule has 0 aliphatic rings. The van der Waals surface area contributed by atoms with Crippen molar-refractivity contribution in [2.75, 3.05) is 12.0 Å². The fourth-order valence-corrected chi connectivity index (χ4v) is 2.49. The Labute approximate surface area is 130 Å². The van der Waals surface area contributed by atoms with E-state index in [9.17, 15) is 9.00 Å². The molecule has 110 valence electrons. The van der Waals surface area contributed by atoms with Crippen molar-refractivity contribution in [3.63, 3.8) is 0 Å². The van der Waals surface area contributed by atoms with Gasteiger partial charge in [-0.25, -0.2) is 4.98 Å². The van der Waals surface area contributed by atoms with E-state index < -0.39 is 10.8 Å². The number of nitrogens with two attached hydrogens (primary N) is 1. The lowest BCUT2D eigenvalue weighted by Gasteiger charge is -2.08. The summed E-state index contributed by atoms with van der Waals surface area (Å²) in [5.41, 5.74) is 6.74. The van der Waals surface area contributed by atoms with Crippen LogP contribution in [-0.2, 0) is 17.3 Å². The molecule has 1 atom stereocenters. The molecule has 1 aromatic heterocycles. The summed E-state index contributed by atoms with van der Waals surface area (Å²) in [6, 6.07) is 8.68. The summed E-state index contributed by atoms with van der Waals surface area (Å²) in [6.45, 7) is 0.301. The smallest absolute Gasteiger partial charge is 0.255 e. The largest absolute Gasteiger partial charge is 0.383 e. The Morgan fingerprint density at radius 3 is 2.90 bits per heavy atom. The molecule has 3 N–H and O–H groups in total. The maximum absolute atomic E-state index is 12.1. The number of anilines is 1. The number of nitrogen functional groups attached to an aromatic ring is 1. The zero-order valence-electron chi connectivity index (χ0n) is 11.3. The molecule has 0 saturated heterocycles. The van der Waals surface area contributed by atoms with Crippen molar-refractivity contribution in [2.24, 2.45) is 0 Å². The third kappa shape index (κ3) is 4.03. The number of pyridine rings is 1. The molecule has 1 unspecified atom stereocenters. The van der Waals surface area contributed by atoms with Gasteiger partial charge in [-0.2, -0.15) is 0 Å². The number of hydrogen-bond acceptors (Lipinski definition) is 4. The van der Waals surface area contributed by atoms with Crippen LogP contribution in [0.2, 0.25) is 5.02 Å². The predicted molar refractivity (Wildman–Crippen MR) is 83.6 cm³/mol. The van der Waals surface area contributed by atoms with Crippen molar-refractivity contribution in [1.82, 2.24) is 10.3 Å². The fraction of sp³-hybridized carbons (Fsp3) is 0.143. The number of carbonyl (C=O) groups excluding carboxylic acids is 1. The summed E-state index contributed by atoms with van der Waals surface area (Å²) < 4.78 is 11.4. The number of rotatable bonds is 4. The van der Waals surface area contributed by atoms with Crippen LogP contribution in [-0.4, -0.2) is 21.4 Å². The highest BCUT2D eigenvalue weighted by molar-refractivity contribution is 7.84. The summed E-state index contributed by atoms with van der Waals surface area (Å²) in [5, 5.41) is 3.08. The van der Waals surface area contributed by atoms with Crippen molar-refractivity contribution >= 4 is 34.1 Å². The van der Waals surface area contributed by atoms with Gasteiger partial charge >= 0.3 is 0 Å². The minimum absolute atomic E-state index is 0.125. The third-order valence-corrected chi connectivity index (χ3v) is 3.94. The predicted octanol–water partition coefficient (Wildman–Crippen LogP) is 1.98. The van der Waals surface area contributed by atoms with Gasteiger partial charge in [0.25, 0.3) is 5.91 Å². The number of nitrogens with one attached hydrogen (secondary N) is 1. The number of benzene rings is 1. The van der Waals surface area contributed by atoms with E-state index in [-0.39, 0.29) is 17.3 Å². The van der Waals surface area contributed by atoms with Crippen molar-refractivity contribution < 1.29 is 9.00 Å². The Morgan fingerprint density at radius 2 is 2.19 bits per heavy atom. The number of nitrogens with zero attached hydrogens (tertiary/aromatic N) is 1. The van der Waals surface area contributed by atoms with E-state index in [1.807, 2.05) is 6.07 Å². The molecule has 0 radical (unpaired) electrons. The molecule has 1 aromatic carbocycles. The Bertz CT molecular complexity index is 706. The van der Waals surface area contributed by atoms with E-state index in [2.05, 4.69) is 10.3 Å². The van der Waals surface area contributed by atoms with Gasteiger partial charge in [0.1, 0.15) is 5.82 Å². The molecule has 0 spiro atoms. The molecule has 0 fully saturated rings. The molecule has 7 heteroatoms. The van der Waals surface area contributed by atoms with Gasteiger partial charge in [-0.1, -0.05) is 23.7 Å². The maximum atomic E-state index is 12.1. The first kappa shape index (κ1) is 15.5. The molecule has 1 amide bonds. The van der Waals surface area contributed by atoms with Gasteiger partial charge in [0.15, 0.2) is 0 Å². The van der Waals surface area contributed by atoms with Gasteiger partial charge in [-0.15, -0.1) is 0 Å². The standard InChI is InChI=1S/C14H14ClN3O2S/c1-21(20)11-4-2-3-9(5-11)7-18-14(19)12-6-10(15)8-17-13(12)16/h2-6,8H,7H2,1H3,(H2,16,17)(H,18,19). The van der Waals surface area contributed by atoms with E-state index >= 15 is 0 Å². The highest BCUT2D eigenvalue weighted by atomic mass is 35.5. The number of halogens is 1. The molecule has 2 rings (SSSR count). The van der Waals surface area contributed by atoms with Gasteiger partial charge in [-0.3, -0.25) is 9.00 Å². The summed E-state index contributed by atoms with van der Waals surface area (Å²) in [7, 11) is -1.06. The van der Waals surface area contributed by atoms with Gasteiger partial charge < -0.3 is 11.1 Å². The SMILES string of the molecule is CS(=O)c1cccc(CNC(=O)c2cc(Cl)cnc2N)c1. The van der Waals surface area contributed by atoms with Crippen molar-refractivity contribution in [3.8, 4) is 0 Å². The first-order valence-electron chi connectivity index (χ1n) is 6.09. The maximum Gasteiger partial charge on any atom is 0.255 e. The average molecular weight is 324 g/mol. The van der Waals surface area contributed by atoms with Crippen LogP contribution in [0.3, 0.4) is 0 Å². The number of carbonyl (C=O) groups is 1. The van der Waals surface area contributed by atoms with Crippen molar-refractivity contribution in [1.29, 1.82) is 0 Å². The lowest BCUT2D eigenvalue weighted by molar-refractivity contribution is 0.0951. The third-order valence-electron chi connectivity index (χ3n) is 2.81. The normalized spacial score (nSPS) is 11.9. The van der Waals surface area contributed by atoms with Crippen LogP contribution in [0.25, 0.3) is 0 Å². The molecule has 0 bridgehead atoms. The lowest BCUT2D eigenvalue weighted by atomic mass is 10.2. The monoisotopic (exact) mass is 323 g/mol. The lowest BCUT2D eigenvalue weighted by Crippen LogP contribution is -2.24. The molecular weight excluding hydrogens is 310 g/mol. The van der Waals surface area contributed by atoms with Gasteiger partial charge in [0, 0.05) is 34.7 Å². The molecule has 0 aliphatic carbocycles. The van der Waals surface area contributed by atoms with Crippen LogP contribution in [0.15, 0.2) is 41.4 Å². The molecule has 0 aliphatic heterocycles. The molecule has 2 aromatic rings. The highest BCUT2D eigenvalue weighted by Crippen LogP contribution is 2.15. The summed E-state index contributed by atoms with van der Waals surface area (Å²) in [5.74, 6) is -0.231. The van der Waals surface area contributed by atoms with E-state index in [0.29, 0.717) is 16.5 Å². The van der Waals surface area contributed by atoms with Gasteiger partial charge in [0.2, 0.25) is 0 Å². The van der Waals surface area contributed by atoms with Crippen LogP contribution < -0.4 is 11.1 Å². The molecule has 5 nitrogen and oxygen atoms in total. The minimum atomic E-state index is -1.06. The van der Waals surface area contributed by atoms with Crippen LogP contribution in [0.1, 0.15) is 15.9 Å². The quantitative estimate of drug-likeness (QED) is 0.901. The molecular formula is C14H14ClN3O2S. The average Bonchev–Trinajstić information content (AvgIpc) is 2.47. The van der Waals surface area contributed by atoms with Crippen LogP contribution in [0.5, 0.6) is 0 Å². The number of aromatic nitrogens is 1. The minimum Gasteiger partial charge on any atom is -0.383 e. The number of hydrogen-bond donors (Lipinski definition) is 2. The van der Waals surface area contributed by atoms with E-state index in [1.165, 1.54) is 12.3 Å². The van der Waals surface area contributed by atoms with Crippen LogP contribution >= 0.6 is 11.6 Å². The second kappa shape index (κ2) is 6.69. The summed E-state index contributed by atoms with van der Waals surface area (Å²) >= 11 is 5.80. The van der Waals surface area contributed by atoms with Crippen LogP contribution in [0, 0.1) is 0 Å². The topological polar surface area (TPSA) is 85.1 Å². The Hall–Kier alpha value is -1.92. The number of amides is 1. The van der Waals surface area contributed by atoms with Crippen LogP contribution in [0.4, 0.5) is 5.82 Å². The molecule has 0 saturated carbocycles. The highest BCUT2D eigenvalue weighted by Gasteiger charge is 2.11. The Kier molecular flexibility index (Phi) is 4.93. The zero-order chi connectivity index (χ0) is 15.4. The van der Waals surface area contributed by atoms with Crippen molar-refractivity contribution in [2.45, 2.75) is 11.4 Å². The summed E-state index contributed by atoms with van der Waals surface area (Å²) in [4.78, 5) is 16.6. The first-order chi connectivity index (χ1) is 9.97. The molecule has 21 heavy (non-hydrogen) atoms. The van der Waals surface area contributed by atoms with Gasteiger partial charge in [-0.05, 0) is 23.8 Å². The Morgan fingerprint density at radius 1 is 1.43 bits per heavy atom. The van der Waals surface area contributed by atoms with E-state index in [1.54, 1.807) is 24.5 Å². The van der Waals surface area contributed by atoms with Gasteiger partial charge in [0.05, 0.1) is 10.6 Å². The van der Waals surface area contributed by atoms with E-state index in [0.717, 1.165) is 5.56 Å². The zero-order valence-corrected chi connectivity index (χ0v) is 12.9. The molecule has 1 heterocycles. The second-order valence-electron chi connectivity index (χ2n) is 4.37. The Balaban J connectivity index is 2.09.